The molecular formula is C37H40S2. The molecule has 0 radical (unpaired) electrons. The van der Waals surface area contributed by atoms with Crippen molar-refractivity contribution in [3.63, 3.8) is 0 Å². The van der Waals surface area contributed by atoms with E-state index in [1.165, 1.54) is 67.1 Å². The summed E-state index contributed by atoms with van der Waals surface area (Å²) in [4.78, 5) is 5.51. The summed E-state index contributed by atoms with van der Waals surface area (Å²) in [5, 5.41) is 2.95. The van der Waals surface area contributed by atoms with E-state index in [1.54, 1.807) is 16.7 Å². The lowest BCUT2D eigenvalue weighted by Gasteiger charge is -2.21. The second-order valence-electron chi connectivity index (χ2n) is 10.4. The molecule has 1 aliphatic carbocycles. The van der Waals surface area contributed by atoms with Crippen molar-refractivity contribution < 1.29 is 0 Å². The fraction of sp³-hybridized carbons (Fsp3) is 0.297. The molecule has 5 rings (SSSR count). The van der Waals surface area contributed by atoms with Crippen molar-refractivity contribution in [2.45, 2.75) is 72.1 Å². The lowest BCUT2D eigenvalue weighted by Crippen LogP contribution is -2.04. The van der Waals surface area contributed by atoms with Crippen LogP contribution in [0.1, 0.15) is 73.6 Å². The van der Waals surface area contributed by atoms with Gasteiger partial charge in [0, 0.05) is 25.9 Å². The fourth-order valence-electron chi connectivity index (χ4n) is 5.59. The first kappa shape index (κ1) is 27.6. The minimum absolute atomic E-state index is 0.993. The van der Waals surface area contributed by atoms with E-state index in [-0.39, 0.29) is 0 Å². The normalized spacial score (nSPS) is 13.2. The topological polar surface area (TPSA) is 0 Å². The van der Waals surface area contributed by atoms with Gasteiger partial charge in [0.1, 0.15) is 0 Å². The van der Waals surface area contributed by atoms with Crippen molar-refractivity contribution in [1.29, 1.82) is 0 Å². The Labute approximate surface area is 243 Å². The molecule has 0 saturated heterocycles. The zero-order valence-electron chi connectivity index (χ0n) is 23.6. The molecule has 2 aromatic heterocycles. The maximum Gasteiger partial charge on any atom is 0.0449 e. The minimum atomic E-state index is 0.993. The molecule has 1 aliphatic rings. The van der Waals surface area contributed by atoms with Gasteiger partial charge in [0.15, 0.2) is 0 Å². The molecular weight excluding hydrogens is 509 g/mol. The standard InChI is InChI=1S/C37H40S2/c1-4-7-10-12-15-28-21-23-36(38-28)37-25-24-35(39-37)27-20-22-33-29(16-8-5-2)30-18-13-11-14-19-31(30)32(17-9-6-3)34(33)26-27/h4,7,10-14,19-26H,5-6,8-9,15-18H2,1-3H3/b7-4-,12-10-. The average Bonchev–Trinajstić information content (AvgIpc) is 3.57. The van der Waals surface area contributed by atoms with Gasteiger partial charge in [0.25, 0.3) is 0 Å². The Morgan fingerprint density at radius 2 is 1.54 bits per heavy atom. The van der Waals surface area contributed by atoms with Crippen LogP contribution < -0.4 is 0 Å². The van der Waals surface area contributed by atoms with Crippen LogP contribution in [0.2, 0.25) is 0 Å². The third kappa shape index (κ3) is 6.29. The van der Waals surface area contributed by atoms with Crippen LogP contribution in [0.5, 0.6) is 0 Å². The van der Waals surface area contributed by atoms with Crippen LogP contribution in [0.4, 0.5) is 0 Å². The van der Waals surface area contributed by atoms with Crippen molar-refractivity contribution in [3.05, 3.63) is 112 Å². The summed E-state index contributed by atoms with van der Waals surface area (Å²) in [6, 6.07) is 16.5. The Morgan fingerprint density at radius 1 is 0.769 bits per heavy atom. The van der Waals surface area contributed by atoms with Gasteiger partial charge in [-0.2, -0.15) is 0 Å². The molecule has 200 valence electrons. The Hall–Kier alpha value is -2.94. The predicted molar refractivity (Wildman–Crippen MR) is 177 cm³/mol. The van der Waals surface area contributed by atoms with Gasteiger partial charge in [-0.3, -0.25) is 0 Å². The van der Waals surface area contributed by atoms with E-state index in [0.717, 1.165) is 25.7 Å². The molecule has 0 nitrogen and oxygen atoms in total. The molecule has 2 heteroatoms. The molecule has 0 aliphatic heterocycles. The third-order valence-electron chi connectivity index (χ3n) is 7.63. The molecule has 0 bridgehead atoms. The van der Waals surface area contributed by atoms with Crippen LogP contribution in [0.15, 0.2) is 85.0 Å². The van der Waals surface area contributed by atoms with Crippen molar-refractivity contribution in [2.75, 3.05) is 0 Å². The van der Waals surface area contributed by atoms with Gasteiger partial charge < -0.3 is 0 Å². The van der Waals surface area contributed by atoms with Crippen LogP contribution in [-0.4, -0.2) is 0 Å². The highest BCUT2D eigenvalue weighted by Gasteiger charge is 2.19. The summed E-state index contributed by atoms with van der Waals surface area (Å²) in [7, 11) is 0. The number of hydrogen-bond donors (Lipinski definition) is 0. The summed E-state index contributed by atoms with van der Waals surface area (Å²) >= 11 is 3.84. The summed E-state index contributed by atoms with van der Waals surface area (Å²) in [6.45, 7) is 6.67. The van der Waals surface area contributed by atoms with E-state index in [0.29, 0.717) is 0 Å². The van der Waals surface area contributed by atoms with Gasteiger partial charge >= 0.3 is 0 Å². The first-order valence-electron chi connectivity index (χ1n) is 14.6. The smallest absolute Gasteiger partial charge is 0.0449 e. The number of fused-ring (bicyclic) bond motifs is 2. The highest BCUT2D eigenvalue weighted by Crippen LogP contribution is 2.41. The highest BCUT2D eigenvalue weighted by atomic mass is 32.1. The molecule has 0 N–H and O–H groups in total. The largest absolute Gasteiger partial charge is 0.139 e. The quantitative estimate of drug-likeness (QED) is 0.163. The predicted octanol–water partition coefficient (Wildman–Crippen LogP) is 11.8. The van der Waals surface area contributed by atoms with E-state index in [2.05, 4.69) is 112 Å². The minimum Gasteiger partial charge on any atom is -0.139 e. The molecule has 2 aromatic carbocycles. The van der Waals surface area contributed by atoms with Crippen LogP contribution in [0, 0.1) is 0 Å². The van der Waals surface area contributed by atoms with Crippen LogP contribution >= 0.6 is 22.7 Å². The second kappa shape index (κ2) is 13.4. The molecule has 39 heavy (non-hydrogen) atoms. The van der Waals surface area contributed by atoms with Crippen molar-refractivity contribution in [2.24, 2.45) is 0 Å². The van der Waals surface area contributed by atoms with Gasteiger partial charge in [-0.05, 0) is 108 Å². The van der Waals surface area contributed by atoms with E-state index in [1.807, 2.05) is 22.7 Å². The highest BCUT2D eigenvalue weighted by molar-refractivity contribution is 7.23. The Morgan fingerprint density at radius 3 is 2.36 bits per heavy atom. The monoisotopic (exact) mass is 548 g/mol. The second-order valence-corrected chi connectivity index (χ2v) is 12.6. The Kier molecular flexibility index (Phi) is 9.50. The number of benzene rings is 2. The number of aryl methyl sites for hydroxylation is 2. The molecule has 2 heterocycles. The summed E-state index contributed by atoms with van der Waals surface area (Å²) in [6.07, 6.45) is 27.0. The van der Waals surface area contributed by atoms with Crippen LogP contribution in [0.25, 0.3) is 37.0 Å². The van der Waals surface area contributed by atoms with Crippen molar-refractivity contribution in [3.8, 4) is 20.2 Å². The fourth-order valence-corrected chi connectivity index (χ4v) is 7.67. The molecule has 0 spiro atoms. The van der Waals surface area contributed by atoms with Gasteiger partial charge in [0.05, 0.1) is 0 Å². The molecule has 0 saturated carbocycles. The van der Waals surface area contributed by atoms with Crippen LogP contribution in [0.3, 0.4) is 0 Å². The van der Waals surface area contributed by atoms with E-state index in [9.17, 15) is 0 Å². The third-order valence-corrected chi connectivity index (χ3v) is 10.1. The first-order valence-corrected chi connectivity index (χ1v) is 16.3. The molecule has 4 aromatic rings. The molecule has 0 amide bonds. The Balaban J connectivity index is 1.54. The SMILES string of the molecule is C/C=C\C=C/Cc1ccc(-c2ccc(-c3ccc4c(CCCC)c5c(c(CCCC)c4c3)C=CC=CC5)s2)s1. The van der Waals surface area contributed by atoms with Gasteiger partial charge in [-0.25, -0.2) is 0 Å². The number of rotatable bonds is 11. The van der Waals surface area contributed by atoms with Crippen molar-refractivity contribution >= 4 is 39.5 Å². The summed E-state index contributed by atoms with van der Waals surface area (Å²) < 4.78 is 0. The van der Waals surface area contributed by atoms with E-state index >= 15 is 0 Å². The molecule has 0 fully saturated rings. The maximum atomic E-state index is 2.50. The van der Waals surface area contributed by atoms with Crippen molar-refractivity contribution in [1.82, 2.24) is 0 Å². The van der Waals surface area contributed by atoms with Gasteiger partial charge in [0.2, 0.25) is 0 Å². The van der Waals surface area contributed by atoms with Gasteiger partial charge in [-0.15, -0.1) is 22.7 Å². The van der Waals surface area contributed by atoms with E-state index in [4.69, 9.17) is 0 Å². The summed E-state index contributed by atoms with van der Waals surface area (Å²) in [5.41, 5.74) is 7.53. The zero-order valence-corrected chi connectivity index (χ0v) is 25.3. The first-order chi connectivity index (χ1) is 19.2. The molecule has 0 unspecified atom stereocenters. The average molecular weight is 549 g/mol. The molecule has 0 atom stereocenters. The number of unbranched alkanes of at least 4 members (excludes halogenated alkanes) is 2. The summed E-state index contributed by atoms with van der Waals surface area (Å²) in [5.74, 6) is 0. The lowest BCUT2D eigenvalue weighted by molar-refractivity contribution is 0.785. The number of hydrogen-bond acceptors (Lipinski definition) is 2. The van der Waals surface area contributed by atoms with E-state index < -0.39 is 0 Å². The zero-order chi connectivity index (χ0) is 27.0. The van der Waals surface area contributed by atoms with Gasteiger partial charge in [-0.1, -0.05) is 87.4 Å². The lowest BCUT2D eigenvalue weighted by atomic mass is 9.83. The number of thiophene rings is 2. The number of allylic oxidation sites excluding steroid dienone is 7. The Bertz CT molecular complexity index is 1530. The maximum absolute atomic E-state index is 2.50. The van der Waals surface area contributed by atoms with Crippen LogP contribution in [-0.2, 0) is 25.7 Å².